The molecule has 6 aromatic carbocycles. The summed E-state index contributed by atoms with van der Waals surface area (Å²) in [6, 6.07) is 49.2. The lowest BCUT2D eigenvalue weighted by molar-refractivity contribution is 0.714. The van der Waals surface area contributed by atoms with E-state index in [1.54, 1.807) is 0 Å². The smallest absolute Gasteiger partial charge is 0.0754 e. The average Bonchev–Trinajstić information content (AvgIpc) is 3.63. The molecule has 2 aliphatic carbocycles. The summed E-state index contributed by atoms with van der Waals surface area (Å²) in [5, 5.41) is 5.29. The van der Waals surface area contributed by atoms with Crippen LogP contribution in [-0.4, -0.2) is 4.57 Å². The summed E-state index contributed by atoms with van der Waals surface area (Å²) in [5.41, 5.74) is 21.3. The standard InChI is InChI=1S/C45H36N4/c1-28-22-23-40-35(24-28)42-43(48-31-14-3-2-4-15-31)34(30-13-11-12-29(25-30)27-47-46)26-39-44(42)49(40)41-21-10-9-20-38(41)45(39)36-18-7-5-16-32(36)33-17-6-8-19-37(33)45/h2-23,25-26,28,47-48H,24,27,46H2,1H3. The molecule has 1 unspecified atom stereocenters. The van der Waals surface area contributed by atoms with Crippen molar-refractivity contribution in [2.24, 2.45) is 11.8 Å². The van der Waals surface area contributed by atoms with Crippen LogP contribution in [0.5, 0.6) is 0 Å². The van der Waals surface area contributed by atoms with Crippen LogP contribution in [0.2, 0.25) is 0 Å². The average molecular weight is 633 g/mol. The lowest BCUT2D eigenvalue weighted by Gasteiger charge is -2.40. The van der Waals surface area contributed by atoms with Gasteiger partial charge in [-0.05, 0) is 98.8 Å². The highest BCUT2D eigenvalue weighted by molar-refractivity contribution is 6.11. The van der Waals surface area contributed by atoms with Crippen molar-refractivity contribution < 1.29 is 0 Å². The van der Waals surface area contributed by atoms with Gasteiger partial charge in [0.2, 0.25) is 0 Å². The Hall–Kier alpha value is -5.68. The third-order valence-corrected chi connectivity index (χ3v) is 11.0. The second-order valence-electron chi connectivity index (χ2n) is 13.7. The number of benzene rings is 6. The van der Waals surface area contributed by atoms with Crippen LogP contribution >= 0.6 is 0 Å². The van der Waals surface area contributed by atoms with E-state index < -0.39 is 5.41 Å². The molecule has 0 saturated heterocycles. The number of allylic oxidation sites excluding steroid dienone is 1. The van der Waals surface area contributed by atoms with E-state index in [1.807, 2.05) is 0 Å². The Morgan fingerprint density at radius 1 is 0.714 bits per heavy atom. The molecule has 1 aliphatic heterocycles. The number of aromatic nitrogens is 1. The van der Waals surface area contributed by atoms with Crippen molar-refractivity contribution in [1.82, 2.24) is 9.99 Å². The van der Waals surface area contributed by atoms with Crippen LogP contribution < -0.4 is 16.6 Å². The van der Waals surface area contributed by atoms with Gasteiger partial charge in [0.25, 0.3) is 0 Å². The number of fused-ring (bicyclic) bond motifs is 12. The molecule has 236 valence electrons. The number of hydrazine groups is 1. The van der Waals surface area contributed by atoms with Gasteiger partial charge in [0.15, 0.2) is 0 Å². The van der Waals surface area contributed by atoms with Gasteiger partial charge in [0, 0.05) is 28.9 Å². The first kappa shape index (κ1) is 28.3. The molecule has 49 heavy (non-hydrogen) atoms. The Bertz CT molecular complexity index is 2440. The number of para-hydroxylation sites is 2. The number of nitrogens with zero attached hydrogens (tertiary/aromatic N) is 1. The molecule has 0 amide bonds. The molecule has 3 aliphatic rings. The zero-order chi connectivity index (χ0) is 32.7. The molecular formula is C45H36N4. The number of rotatable bonds is 5. The van der Waals surface area contributed by atoms with E-state index in [-0.39, 0.29) is 0 Å². The first-order valence-electron chi connectivity index (χ1n) is 17.3. The molecule has 4 nitrogen and oxygen atoms in total. The van der Waals surface area contributed by atoms with Crippen molar-refractivity contribution in [2.75, 3.05) is 5.32 Å². The lowest BCUT2D eigenvalue weighted by atomic mass is 9.65. The molecule has 4 heteroatoms. The lowest BCUT2D eigenvalue weighted by Crippen LogP contribution is -2.33. The second-order valence-corrected chi connectivity index (χ2v) is 13.7. The van der Waals surface area contributed by atoms with Gasteiger partial charge in [-0.25, -0.2) is 0 Å². The monoisotopic (exact) mass is 632 g/mol. The highest BCUT2D eigenvalue weighted by atomic mass is 15.2. The summed E-state index contributed by atoms with van der Waals surface area (Å²) >= 11 is 0. The van der Waals surface area contributed by atoms with E-state index in [4.69, 9.17) is 5.84 Å². The van der Waals surface area contributed by atoms with Crippen LogP contribution in [0.4, 0.5) is 11.4 Å². The van der Waals surface area contributed by atoms with Gasteiger partial charge in [0.05, 0.1) is 22.3 Å². The number of nitrogens with one attached hydrogen (secondary N) is 2. The van der Waals surface area contributed by atoms with Gasteiger partial charge in [0.1, 0.15) is 0 Å². The van der Waals surface area contributed by atoms with Crippen molar-refractivity contribution in [1.29, 1.82) is 0 Å². The van der Waals surface area contributed by atoms with Crippen molar-refractivity contribution in [3.8, 4) is 27.9 Å². The highest BCUT2D eigenvalue weighted by Crippen LogP contribution is 2.62. The Kier molecular flexibility index (Phi) is 6.17. The normalized spacial score (nSPS) is 15.9. The number of nitrogens with two attached hydrogens (primary N) is 1. The molecular weight excluding hydrogens is 597 g/mol. The van der Waals surface area contributed by atoms with Crippen LogP contribution in [0.25, 0.3) is 44.9 Å². The second kappa shape index (κ2) is 10.7. The zero-order valence-electron chi connectivity index (χ0n) is 27.4. The van der Waals surface area contributed by atoms with Crippen LogP contribution in [0, 0.1) is 5.92 Å². The molecule has 4 N–H and O–H groups in total. The van der Waals surface area contributed by atoms with Crippen LogP contribution in [0.1, 0.15) is 46.0 Å². The summed E-state index contributed by atoms with van der Waals surface area (Å²) in [4.78, 5) is 0. The van der Waals surface area contributed by atoms with Crippen LogP contribution in [0.15, 0.2) is 140 Å². The van der Waals surface area contributed by atoms with E-state index in [1.165, 1.54) is 72.4 Å². The maximum atomic E-state index is 5.84. The molecule has 2 heterocycles. The maximum Gasteiger partial charge on any atom is 0.0754 e. The predicted molar refractivity (Wildman–Crippen MR) is 202 cm³/mol. The topological polar surface area (TPSA) is 55.0 Å². The van der Waals surface area contributed by atoms with Gasteiger partial charge < -0.3 is 9.88 Å². The summed E-state index contributed by atoms with van der Waals surface area (Å²) in [6.07, 6.45) is 5.73. The van der Waals surface area contributed by atoms with Crippen LogP contribution in [0.3, 0.4) is 0 Å². The Morgan fingerprint density at radius 3 is 2.16 bits per heavy atom. The maximum absolute atomic E-state index is 5.84. The Morgan fingerprint density at radius 2 is 1.41 bits per heavy atom. The first-order chi connectivity index (χ1) is 24.2. The van der Waals surface area contributed by atoms with Gasteiger partial charge in [-0.1, -0.05) is 116 Å². The van der Waals surface area contributed by atoms with E-state index >= 15 is 0 Å². The minimum Gasteiger partial charge on any atom is -0.354 e. The first-order valence-corrected chi connectivity index (χ1v) is 17.3. The number of hydrogen-bond donors (Lipinski definition) is 3. The highest BCUT2D eigenvalue weighted by Gasteiger charge is 2.51. The van der Waals surface area contributed by atoms with Crippen LogP contribution in [-0.2, 0) is 18.4 Å². The molecule has 1 spiro atoms. The molecule has 0 saturated carbocycles. The minimum absolute atomic E-state index is 0.431. The molecule has 1 aromatic heterocycles. The van der Waals surface area contributed by atoms with E-state index in [0.29, 0.717) is 12.5 Å². The van der Waals surface area contributed by atoms with Crippen molar-refractivity contribution >= 4 is 28.4 Å². The fourth-order valence-corrected chi connectivity index (χ4v) is 9.08. The molecule has 0 radical (unpaired) electrons. The predicted octanol–water partition coefficient (Wildman–Crippen LogP) is 9.89. The minimum atomic E-state index is -0.495. The van der Waals surface area contributed by atoms with Crippen molar-refractivity contribution in [2.45, 2.75) is 25.3 Å². The quantitative estimate of drug-likeness (QED) is 0.131. The van der Waals surface area contributed by atoms with E-state index in [0.717, 1.165) is 23.4 Å². The molecule has 0 bridgehead atoms. The molecule has 7 aromatic rings. The van der Waals surface area contributed by atoms with Gasteiger partial charge in [-0.15, -0.1) is 0 Å². The van der Waals surface area contributed by atoms with Gasteiger partial charge in [-0.3, -0.25) is 11.3 Å². The third-order valence-electron chi connectivity index (χ3n) is 11.0. The summed E-state index contributed by atoms with van der Waals surface area (Å²) in [5.74, 6) is 6.27. The summed E-state index contributed by atoms with van der Waals surface area (Å²) < 4.78 is 2.57. The Labute approximate surface area is 286 Å². The third kappa shape index (κ3) is 3.87. The van der Waals surface area contributed by atoms with E-state index in [2.05, 4.69) is 168 Å². The molecule has 10 rings (SSSR count). The van der Waals surface area contributed by atoms with Crippen molar-refractivity contribution in [3.63, 3.8) is 0 Å². The molecule has 1 atom stereocenters. The summed E-state index contributed by atoms with van der Waals surface area (Å²) in [6.45, 7) is 2.93. The Balaban J connectivity index is 1.43. The van der Waals surface area contributed by atoms with Crippen molar-refractivity contribution in [3.05, 3.63) is 179 Å². The largest absolute Gasteiger partial charge is 0.354 e. The fraction of sp³-hybridized carbons (Fsp3) is 0.111. The zero-order valence-corrected chi connectivity index (χ0v) is 27.4. The number of hydrogen-bond acceptors (Lipinski definition) is 3. The summed E-state index contributed by atoms with van der Waals surface area (Å²) in [7, 11) is 0. The number of anilines is 2. The van der Waals surface area contributed by atoms with Gasteiger partial charge in [-0.2, -0.15) is 0 Å². The SMILES string of the molecule is CC1C=Cc2c(c3c(Nc4ccccc4)c(-c4cccc(CNN)c4)cc4c3n2-c2ccccc2C42c3ccccc3-c3ccccc32)C1. The van der Waals surface area contributed by atoms with E-state index in [9.17, 15) is 0 Å². The molecule has 0 fully saturated rings. The fourth-order valence-electron chi connectivity index (χ4n) is 9.08. The van der Waals surface area contributed by atoms with Gasteiger partial charge >= 0.3 is 0 Å².